The third kappa shape index (κ3) is 4.56. The summed E-state index contributed by atoms with van der Waals surface area (Å²) >= 11 is 0. The summed E-state index contributed by atoms with van der Waals surface area (Å²) in [4.78, 5) is 27.5. The van der Waals surface area contributed by atoms with E-state index in [0.29, 0.717) is 5.29 Å². The molecule has 2 atom stereocenters. The number of ether oxygens (including phenoxy) is 1. The van der Waals surface area contributed by atoms with Crippen LogP contribution in [0.1, 0.15) is 46.0 Å². The summed E-state index contributed by atoms with van der Waals surface area (Å²) in [5.41, 5.74) is -0.386. The van der Waals surface area contributed by atoms with E-state index in [1.807, 2.05) is 0 Å². The second kappa shape index (κ2) is 7.95. The Labute approximate surface area is 156 Å². The molecule has 0 aromatic heterocycles. The molecule has 0 bridgehead atoms. The minimum atomic E-state index is -1.60. The van der Waals surface area contributed by atoms with Crippen molar-refractivity contribution in [3.05, 3.63) is 0 Å². The predicted molar refractivity (Wildman–Crippen MR) is 110 cm³/mol. The van der Waals surface area contributed by atoms with Gasteiger partial charge in [-0.05, 0) is 13.3 Å². The number of carbonyl (C=O) groups excluding carboxylic acids is 2. The SMILES string of the molecule is CCCCCCC1(C)C(C(=O)OC)C(=O)N1C([Si](C)(C)C)[Si](C)(C)C. The first-order chi connectivity index (χ1) is 11.3. The fraction of sp³-hybridized carbons (Fsp3) is 0.895. The summed E-state index contributed by atoms with van der Waals surface area (Å²) in [6.45, 7) is 18.4. The Bertz CT molecular complexity index is 482. The number of β-lactam (4-membered cyclic amide) rings is 1. The Hall–Kier alpha value is -0.626. The molecular weight excluding hydrogens is 346 g/mol. The molecule has 25 heavy (non-hydrogen) atoms. The number of carbonyl (C=O) groups is 2. The monoisotopic (exact) mass is 385 g/mol. The molecule has 0 spiro atoms. The van der Waals surface area contributed by atoms with Crippen LogP contribution in [0.25, 0.3) is 0 Å². The zero-order valence-electron chi connectivity index (χ0n) is 17.9. The van der Waals surface area contributed by atoms with Gasteiger partial charge in [-0.3, -0.25) is 9.59 Å². The van der Waals surface area contributed by atoms with Crippen LogP contribution in [0.4, 0.5) is 0 Å². The topological polar surface area (TPSA) is 46.6 Å². The highest BCUT2D eigenvalue weighted by Gasteiger charge is 2.65. The molecule has 1 heterocycles. The molecule has 0 aliphatic carbocycles. The van der Waals surface area contributed by atoms with Crippen LogP contribution >= 0.6 is 0 Å². The van der Waals surface area contributed by atoms with Crippen molar-refractivity contribution in [2.24, 2.45) is 5.92 Å². The normalized spacial score (nSPS) is 24.5. The number of hydrogen-bond acceptors (Lipinski definition) is 3. The Morgan fingerprint density at radius 3 is 2.04 bits per heavy atom. The molecule has 0 radical (unpaired) electrons. The molecular formula is C19H39NO3Si2. The van der Waals surface area contributed by atoms with Gasteiger partial charge in [-0.15, -0.1) is 0 Å². The van der Waals surface area contributed by atoms with E-state index in [4.69, 9.17) is 4.74 Å². The number of rotatable bonds is 9. The van der Waals surface area contributed by atoms with Crippen LogP contribution in [0.2, 0.25) is 39.3 Å². The lowest BCUT2D eigenvalue weighted by Crippen LogP contribution is -2.81. The van der Waals surface area contributed by atoms with Gasteiger partial charge in [0.25, 0.3) is 0 Å². The molecule has 4 nitrogen and oxygen atoms in total. The van der Waals surface area contributed by atoms with Crippen molar-refractivity contribution in [3.8, 4) is 0 Å². The van der Waals surface area contributed by atoms with Crippen molar-refractivity contribution in [3.63, 3.8) is 0 Å². The van der Waals surface area contributed by atoms with Gasteiger partial charge in [0.15, 0.2) is 5.92 Å². The molecule has 1 saturated heterocycles. The minimum absolute atomic E-state index is 0.000286. The molecule has 1 aliphatic rings. The Morgan fingerprint density at radius 2 is 1.64 bits per heavy atom. The minimum Gasteiger partial charge on any atom is -0.468 e. The Morgan fingerprint density at radius 1 is 1.12 bits per heavy atom. The Kier molecular flexibility index (Phi) is 7.12. The first-order valence-electron chi connectivity index (χ1n) is 9.73. The molecule has 6 heteroatoms. The fourth-order valence-electron chi connectivity index (χ4n) is 4.87. The van der Waals surface area contributed by atoms with Crippen molar-refractivity contribution >= 4 is 28.0 Å². The number of methoxy groups -OCH3 is 1. The van der Waals surface area contributed by atoms with E-state index < -0.39 is 22.1 Å². The van der Waals surface area contributed by atoms with Gasteiger partial charge in [0.2, 0.25) is 5.91 Å². The summed E-state index contributed by atoms with van der Waals surface area (Å²) in [5.74, 6) is -0.974. The standard InChI is InChI=1S/C19H39NO3Si2/c1-10-11-12-13-14-19(2)15(17(22)23-3)16(21)20(19)18(24(4,5)6)25(7,8)9/h15,18H,10-14H2,1-9H3. The second-order valence-electron chi connectivity index (χ2n) is 9.97. The average Bonchev–Trinajstić information content (AvgIpc) is 2.46. The van der Waals surface area contributed by atoms with Crippen LogP contribution in [0.3, 0.4) is 0 Å². The van der Waals surface area contributed by atoms with Crippen molar-refractivity contribution in [2.75, 3.05) is 7.11 Å². The maximum atomic E-state index is 13.1. The van der Waals surface area contributed by atoms with Gasteiger partial charge in [0.1, 0.15) is 0 Å². The van der Waals surface area contributed by atoms with Crippen LogP contribution in [-0.4, -0.2) is 50.9 Å². The molecule has 1 rings (SSSR count). The summed E-state index contributed by atoms with van der Waals surface area (Å²) in [6.07, 6.45) is 5.51. The van der Waals surface area contributed by atoms with E-state index >= 15 is 0 Å². The number of likely N-dealkylation sites (tertiary alicyclic amines) is 1. The first-order valence-corrected chi connectivity index (χ1v) is 16.9. The van der Waals surface area contributed by atoms with Gasteiger partial charge in [-0.2, -0.15) is 0 Å². The van der Waals surface area contributed by atoms with E-state index in [-0.39, 0.29) is 17.4 Å². The molecule has 0 aromatic rings. The van der Waals surface area contributed by atoms with Crippen molar-refractivity contribution in [2.45, 2.75) is 96.1 Å². The molecule has 146 valence electrons. The van der Waals surface area contributed by atoms with E-state index in [1.54, 1.807) is 0 Å². The van der Waals surface area contributed by atoms with E-state index in [2.05, 4.69) is 58.0 Å². The zero-order chi connectivity index (χ0) is 19.6. The second-order valence-corrected chi connectivity index (χ2v) is 21.1. The van der Waals surface area contributed by atoms with Crippen LogP contribution in [-0.2, 0) is 14.3 Å². The lowest BCUT2D eigenvalue weighted by atomic mass is 9.71. The zero-order valence-corrected chi connectivity index (χ0v) is 19.9. The first kappa shape index (κ1) is 22.4. The maximum absolute atomic E-state index is 13.1. The number of unbranched alkanes of at least 4 members (excludes halogenated alkanes) is 3. The smallest absolute Gasteiger partial charge is 0.320 e. The van der Waals surface area contributed by atoms with Gasteiger partial charge >= 0.3 is 5.97 Å². The van der Waals surface area contributed by atoms with Gasteiger partial charge in [0, 0.05) is 5.29 Å². The number of hydrogen-bond donors (Lipinski definition) is 0. The lowest BCUT2D eigenvalue weighted by molar-refractivity contribution is -0.183. The number of amides is 1. The summed E-state index contributed by atoms with van der Waals surface area (Å²) in [6, 6.07) is 0. The molecule has 2 unspecified atom stereocenters. The predicted octanol–water partition coefficient (Wildman–Crippen LogP) is 4.47. The van der Waals surface area contributed by atoms with Crippen LogP contribution in [0, 0.1) is 5.92 Å². The molecule has 0 N–H and O–H groups in total. The summed E-state index contributed by atoms with van der Waals surface area (Å²) in [5, 5.41) is 0.338. The van der Waals surface area contributed by atoms with Gasteiger partial charge in [-0.25, -0.2) is 0 Å². The quantitative estimate of drug-likeness (QED) is 0.193. The Balaban J connectivity index is 3.21. The van der Waals surface area contributed by atoms with Gasteiger partial charge in [-0.1, -0.05) is 71.9 Å². The number of nitrogens with zero attached hydrogens (tertiary/aromatic N) is 1. The van der Waals surface area contributed by atoms with Gasteiger partial charge in [0.05, 0.1) is 28.8 Å². The third-order valence-electron chi connectivity index (χ3n) is 5.53. The highest BCUT2D eigenvalue weighted by molar-refractivity contribution is 6.96. The highest BCUT2D eigenvalue weighted by atomic mass is 28.4. The van der Waals surface area contributed by atoms with Crippen molar-refractivity contribution in [1.29, 1.82) is 0 Å². The van der Waals surface area contributed by atoms with Crippen molar-refractivity contribution < 1.29 is 14.3 Å². The summed E-state index contributed by atoms with van der Waals surface area (Å²) in [7, 11) is -1.81. The molecule has 0 saturated carbocycles. The molecule has 1 fully saturated rings. The van der Waals surface area contributed by atoms with E-state index in [1.165, 1.54) is 20.0 Å². The van der Waals surface area contributed by atoms with Crippen LogP contribution in [0.5, 0.6) is 0 Å². The van der Waals surface area contributed by atoms with Gasteiger partial charge < -0.3 is 9.64 Å². The highest BCUT2D eigenvalue weighted by Crippen LogP contribution is 2.47. The van der Waals surface area contributed by atoms with Crippen LogP contribution < -0.4 is 0 Å². The summed E-state index contributed by atoms with van der Waals surface area (Å²) < 4.78 is 4.98. The largest absolute Gasteiger partial charge is 0.468 e. The van der Waals surface area contributed by atoms with Crippen LogP contribution in [0.15, 0.2) is 0 Å². The van der Waals surface area contributed by atoms with Crippen molar-refractivity contribution in [1.82, 2.24) is 4.90 Å². The van der Waals surface area contributed by atoms with E-state index in [9.17, 15) is 9.59 Å². The molecule has 1 aliphatic heterocycles. The molecule has 1 amide bonds. The average molecular weight is 386 g/mol. The van der Waals surface area contributed by atoms with E-state index in [0.717, 1.165) is 19.3 Å². The lowest BCUT2D eigenvalue weighted by Gasteiger charge is -2.62. The number of esters is 1. The fourth-order valence-corrected chi connectivity index (χ4v) is 17.7. The third-order valence-corrected chi connectivity index (χ3v) is 14.5. The molecule has 0 aromatic carbocycles. The maximum Gasteiger partial charge on any atom is 0.320 e.